The van der Waals surface area contributed by atoms with Gasteiger partial charge in [0.05, 0.1) is 16.8 Å². The van der Waals surface area contributed by atoms with Crippen molar-refractivity contribution >= 4 is 49.8 Å². The number of nitrogens with one attached hydrogen (secondary N) is 2. The summed E-state index contributed by atoms with van der Waals surface area (Å²) in [6, 6.07) is 8.56. The van der Waals surface area contributed by atoms with Gasteiger partial charge in [-0.25, -0.2) is 4.98 Å². The van der Waals surface area contributed by atoms with Crippen molar-refractivity contribution in [2.45, 2.75) is 39.3 Å². The summed E-state index contributed by atoms with van der Waals surface area (Å²) in [5.41, 5.74) is 3.31. The lowest BCUT2D eigenvalue weighted by atomic mass is 10.0. The summed E-state index contributed by atoms with van der Waals surface area (Å²) in [6.45, 7) is 6.46. The third kappa shape index (κ3) is 4.95. The predicted molar refractivity (Wildman–Crippen MR) is 126 cm³/mol. The molecular formula is C22H26N4O3S2. The summed E-state index contributed by atoms with van der Waals surface area (Å²) >= 11 is 3.29. The number of anilines is 1. The van der Waals surface area contributed by atoms with Gasteiger partial charge in [-0.1, -0.05) is 12.1 Å². The highest BCUT2D eigenvalue weighted by Gasteiger charge is 2.28. The minimum absolute atomic E-state index is 0.125. The number of amides is 1. The number of rotatable bonds is 8. The molecule has 1 aliphatic rings. The predicted octanol–water partition coefficient (Wildman–Crippen LogP) is 3.79. The third-order valence-corrected chi connectivity index (χ3v) is 7.57. The van der Waals surface area contributed by atoms with E-state index in [1.807, 2.05) is 18.2 Å². The minimum Gasteiger partial charge on any atom is -0.480 e. The van der Waals surface area contributed by atoms with Crippen LogP contribution in [0.25, 0.3) is 20.8 Å². The maximum Gasteiger partial charge on any atom is 0.317 e. The zero-order valence-electron chi connectivity index (χ0n) is 17.6. The minimum atomic E-state index is -0.931. The molecule has 7 nitrogen and oxygen atoms in total. The van der Waals surface area contributed by atoms with Gasteiger partial charge in [-0.2, -0.15) is 0 Å². The summed E-state index contributed by atoms with van der Waals surface area (Å²) in [4.78, 5) is 31.8. The van der Waals surface area contributed by atoms with E-state index in [1.54, 1.807) is 22.7 Å². The maximum absolute atomic E-state index is 12.6. The number of carboxylic acids is 1. The maximum atomic E-state index is 12.6. The number of carbonyl (C=O) groups is 2. The van der Waals surface area contributed by atoms with Crippen molar-refractivity contribution in [1.29, 1.82) is 0 Å². The molecule has 1 amide bonds. The molecule has 4 rings (SSSR count). The lowest BCUT2D eigenvalue weighted by Crippen LogP contribution is -2.35. The zero-order chi connectivity index (χ0) is 22.0. The highest BCUT2D eigenvalue weighted by Crippen LogP contribution is 2.45. The highest BCUT2D eigenvalue weighted by atomic mass is 32.1. The second-order valence-corrected chi connectivity index (χ2v) is 10.0. The molecule has 0 saturated carbocycles. The van der Waals surface area contributed by atoms with Crippen LogP contribution in [-0.4, -0.2) is 52.5 Å². The number of thiazole rings is 1. The molecule has 0 spiro atoms. The molecular weight excluding hydrogens is 432 g/mol. The van der Waals surface area contributed by atoms with Gasteiger partial charge in [0, 0.05) is 42.5 Å². The Morgan fingerprint density at radius 3 is 2.81 bits per heavy atom. The fourth-order valence-electron chi connectivity index (χ4n) is 3.74. The van der Waals surface area contributed by atoms with E-state index in [0.29, 0.717) is 12.6 Å². The number of aliphatic carboxylic acids is 1. The quantitative estimate of drug-likeness (QED) is 0.445. The molecule has 2 aromatic heterocycles. The standard InChI is InChI=1S/C22H26N4O3S2/c1-13(2)26-10-8-14-17(12-26)31-22(25-18(27)7-9-23-11-19(28)29)20(14)21-24-15-5-3-4-6-16(15)30-21/h3-6,13,23H,7-12H2,1-2H3,(H,25,27)(H,28,29). The van der Waals surface area contributed by atoms with E-state index in [-0.39, 0.29) is 18.9 Å². The molecule has 3 aromatic rings. The zero-order valence-corrected chi connectivity index (χ0v) is 19.2. The summed E-state index contributed by atoms with van der Waals surface area (Å²) < 4.78 is 1.13. The van der Waals surface area contributed by atoms with E-state index in [1.165, 1.54) is 10.4 Å². The molecule has 9 heteroatoms. The van der Waals surface area contributed by atoms with Gasteiger partial charge >= 0.3 is 5.97 Å². The average molecular weight is 459 g/mol. The lowest BCUT2D eigenvalue weighted by molar-refractivity contribution is -0.136. The van der Waals surface area contributed by atoms with Crippen LogP contribution >= 0.6 is 22.7 Å². The van der Waals surface area contributed by atoms with Gasteiger partial charge in [-0.15, -0.1) is 22.7 Å². The fraction of sp³-hybridized carbons (Fsp3) is 0.409. The topological polar surface area (TPSA) is 94.6 Å². The van der Waals surface area contributed by atoms with Crippen LogP contribution < -0.4 is 10.6 Å². The van der Waals surface area contributed by atoms with Crippen LogP contribution in [-0.2, 0) is 22.6 Å². The number of fused-ring (bicyclic) bond motifs is 2. The molecule has 31 heavy (non-hydrogen) atoms. The van der Waals surface area contributed by atoms with Crippen LogP contribution in [0.1, 0.15) is 30.7 Å². The van der Waals surface area contributed by atoms with Gasteiger partial charge in [0.2, 0.25) is 5.91 Å². The second kappa shape index (κ2) is 9.44. The van der Waals surface area contributed by atoms with Crippen molar-refractivity contribution in [3.8, 4) is 10.6 Å². The van der Waals surface area contributed by atoms with Crippen LogP contribution in [0.3, 0.4) is 0 Å². The van der Waals surface area contributed by atoms with Crippen molar-refractivity contribution in [2.24, 2.45) is 0 Å². The largest absolute Gasteiger partial charge is 0.480 e. The normalized spacial score (nSPS) is 14.2. The third-order valence-electron chi connectivity index (χ3n) is 5.38. The SMILES string of the molecule is CC(C)N1CCc2c(sc(NC(=O)CCNCC(=O)O)c2-c2nc3ccccc3s2)C1. The Morgan fingerprint density at radius 1 is 1.26 bits per heavy atom. The van der Waals surface area contributed by atoms with Crippen LogP contribution in [0.5, 0.6) is 0 Å². The fourth-order valence-corrected chi connectivity index (χ4v) is 6.14. The van der Waals surface area contributed by atoms with Crippen LogP contribution in [0.15, 0.2) is 24.3 Å². The van der Waals surface area contributed by atoms with E-state index in [2.05, 4.69) is 35.4 Å². The van der Waals surface area contributed by atoms with E-state index in [9.17, 15) is 9.59 Å². The first kappa shape index (κ1) is 21.9. The lowest BCUT2D eigenvalue weighted by Gasteiger charge is -2.30. The number of benzene rings is 1. The van der Waals surface area contributed by atoms with Crippen molar-refractivity contribution in [1.82, 2.24) is 15.2 Å². The molecule has 1 aromatic carbocycles. The highest BCUT2D eigenvalue weighted by molar-refractivity contribution is 7.22. The Morgan fingerprint density at radius 2 is 2.06 bits per heavy atom. The molecule has 0 fully saturated rings. The number of hydrogen-bond donors (Lipinski definition) is 3. The van der Waals surface area contributed by atoms with Gasteiger partial charge in [-0.05, 0) is 38.0 Å². The number of carboxylic acid groups (broad SMARTS) is 1. The molecule has 0 radical (unpaired) electrons. The molecule has 0 saturated heterocycles. The van der Waals surface area contributed by atoms with Gasteiger partial charge in [-0.3, -0.25) is 14.5 Å². The number of hydrogen-bond acceptors (Lipinski definition) is 7. The van der Waals surface area contributed by atoms with E-state index < -0.39 is 5.97 Å². The first-order valence-electron chi connectivity index (χ1n) is 10.4. The van der Waals surface area contributed by atoms with E-state index in [4.69, 9.17) is 10.1 Å². The Balaban J connectivity index is 1.62. The van der Waals surface area contributed by atoms with Gasteiger partial charge in [0.25, 0.3) is 0 Å². The Kier molecular flexibility index (Phi) is 6.66. The van der Waals surface area contributed by atoms with Crippen molar-refractivity contribution in [3.05, 3.63) is 34.7 Å². The summed E-state index contributed by atoms with van der Waals surface area (Å²) in [7, 11) is 0. The first-order chi connectivity index (χ1) is 14.9. The summed E-state index contributed by atoms with van der Waals surface area (Å²) in [6.07, 6.45) is 1.15. The Labute approximate surface area is 189 Å². The van der Waals surface area contributed by atoms with E-state index in [0.717, 1.165) is 45.3 Å². The van der Waals surface area contributed by atoms with Crippen LogP contribution in [0.2, 0.25) is 0 Å². The van der Waals surface area contributed by atoms with Gasteiger partial charge < -0.3 is 15.7 Å². The van der Waals surface area contributed by atoms with Crippen molar-refractivity contribution in [3.63, 3.8) is 0 Å². The molecule has 3 heterocycles. The monoisotopic (exact) mass is 458 g/mol. The molecule has 1 aliphatic heterocycles. The number of aromatic nitrogens is 1. The number of thiophene rings is 1. The smallest absolute Gasteiger partial charge is 0.317 e. The summed E-state index contributed by atoms with van der Waals surface area (Å²) in [5.74, 6) is -1.06. The van der Waals surface area contributed by atoms with Crippen molar-refractivity contribution in [2.75, 3.05) is 25.0 Å². The van der Waals surface area contributed by atoms with Crippen LogP contribution in [0.4, 0.5) is 5.00 Å². The van der Waals surface area contributed by atoms with E-state index >= 15 is 0 Å². The van der Waals surface area contributed by atoms with Crippen molar-refractivity contribution < 1.29 is 14.7 Å². The molecule has 0 aliphatic carbocycles. The molecule has 164 valence electrons. The number of carbonyl (C=O) groups excluding carboxylic acids is 1. The molecule has 0 bridgehead atoms. The Hall–Kier alpha value is -2.33. The second-order valence-electron chi connectivity index (χ2n) is 7.88. The molecule has 3 N–H and O–H groups in total. The van der Waals surface area contributed by atoms with Gasteiger partial charge in [0.15, 0.2) is 0 Å². The average Bonchev–Trinajstić information content (AvgIpc) is 3.30. The summed E-state index contributed by atoms with van der Waals surface area (Å²) in [5, 5.41) is 16.3. The van der Waals surface area contributed by atoms with Crippen LogP contribution in [0, 0.1) is 0 Å². The Bertz CT molecular complexity index is 1070. The number of nitrogens with zero attached hydrogens (tertiary/aromatic N) is 2. The first-order valence-corrected chi connectivity index (χ1v) is 12.0. The molecule has 0 unspecified atom stereocenters. The molecule has 0 atom stereocenters. The number of para-hydroxylation sites is 1. The van der Waals surface area contributed by atoms with Gasteiger partial charge in [0.1, 0.15) is 10.0 Å².